The summed E-state index contributed by atoms with van der Waals surface area (Å²) in [6.07, 6.45) is -1.61. The third kappa shape index (κ3) is 6.02. The highest BCUT2D eigenvalue weighted by Gasteiger charge is 2.44. The van der Waals surface area contributed by atoms with Crippen LogP contribution < -0.4 is 4.74 Å². The summed E-state index contributed by atoms with van der Waals surface area (Å²) in [5.41, 5.74) is 1.21. The molecular weight excluding hydrogens is 422 g/mol. The lowest BCUT2D eigenvalue weighted by atomic mass is 9.98. The molecule has 0 spiro atoms. The molecular formula is C21H29N3O8. The maximum atomic E-state index is 10.5. The van der Waals surface area contributed by atoms with Gasteiger partial charge < -0.3 is 35.0 Å². The molecule has 1 fully saturated rings. The van der Waals surface area contributed by atoms with Crippen molar-refractivity contribution in [3.05, 3.63) is 30.5 Å². The topological polar surface area (TPSA) is 167 Å². The first-order valence-electron chi connectivity index (χ1n) is 10.6. The summed E-state index contributed by atoms with van der Waals surface area (Å²) >= 11 is 0. The van der Waals surface area contributed by atoms with Gasteiger partial charge in [-0.2, -0.15) is 0 Å². The van der Waals surface area contributed by atoms with E-state index in [0.29, 0.717) is 24.5 Å². The van der Waals surface area contributed by atoms with Crippen LogP contribution in [0.3, 0.4) is 0 Å². The fourth-order valence-corrected chi connectivity index (χ4v) is 3.50. The van der Waals surface area contributed by atoms with E-state index in [4.69, 9.17) is 14.6 Å². The predicted octanol–water partition coefficient (Wildman–Crippen LogP) is 0.331. The number of carboxylic acid groups (broad SMARTS) is 1. The maximum Gasteiger partial charge on any atom is 0.303 e. The van der Waals surface area contributed by atoms with Crippen LogP contribution in [0.5, 0.6) is 5.75 Å². The number of aromatic nitrogens is 3. The van der Waals surface area contributed by atoms with Crippen LogP contribution in [0.15, 0.2) is 30.5 Å². The standard InChI is InChI=1S/C21H29N3O8/c25-12-16-18(28)19(29)20(30)21(32-16)24-11-15(22-23-24)13-6-5-7-14(10-13)31-9-4-2-1-3-8-17(26)27/h5-7,10-11,16,18-21,25,28-30H,1-4,8-9,12H2,(H,26,27)/t16-,18-,19+,20+,21+/m1/s1. The molecule has 1 aromatic heterocycles. The third-order valence-electron chi connectivity index (χ3n) is 5.32. The van der Waals surface area contributed by atoms with Gasteiger partial charge in [0.2, 0.25) is 0 Å². The second-order valence-electron chi connectivity index (χ2n) is 7.74. The number of benzene rings is 1. The van der Waals surface area contributed by atoms with E-state index in [0.717, 1.165) is 24.8 Å². The van der Waals surface area contributed by atoms with Crippen molar-refractivity contribution in [2.24, 2.45) is 0 Å². The van der Waals surface area contributed by atoms with Crippen molar-refractivity contribution in [2.45, 2.75) is 62.7 Å². The van der Waals surface area contributed by atoms with Gasteiger partial charge in [-0.3, -0.25) is 4.79 Å². The van der Waals surface area contributed by atoms with E-state index >= 15 is 0 Å². The van der Waals surface area contributed by atoms with Crippen LogP contribution in [-0.4, -0.2) is 84.1 Å². The average molecular weight is 451 g/mol. The number of hydrogen-bond donors (Lipinski definition) is 5. The summed E-state index contributed by atoms with van der Waals surface area (Å²) in [5.74, 6) is -0.128. The lowest BCUT2D eigenvalue weighted by Gasteiger charge is -2.39. The first kappa shape index (κ1) is 24.1. The molecule has 0 radical (unpaired) electrons. The Morgan fingerprint density at radius 1 is 1.09 bits per heavy atom. The van der Waals surface area contributed by atoms with Crippen LogP contribution in [0.25, 0.3) is 11.3 Å². The zero-order valence-electron chi connectivity index (χ0n) is 17.5. The Morgan fingerprint density at radius 2 is 1.88 bits per heavy atom. The molecule has 0 unspecified atom stereocenters. The van der Waals surface area contributed by atoms with Crippen molar-refractivity contribution >= 4 is 5.97 Å². The van der Waals surface area contributed by atoms with Gasteiger partial charge in [-0.1, -0.05) is 30.2 Å². The Balaban J connectivity index is 1.57. The molecule has 11 heteroatoms. The number of rotatable bonds is 11. The van der Waals surface area contributed by atoms with E-state index in [2.05, 4.69) is 10.3 Å². The van der Waals surface area contributed by atoms with E-state index in [9.17, 15) is 25.2 Å². The minimum Gasteiger partial charge on any atom is -0.494 e. The minimum atomic E-state index is -1.50. The zero-order valence-corrected chi connectivity index (χ0v) is 17.5. The van der Waals surface area contributed by atoms with Gasteiger partial charge in [0.25, 0.3) is 0 Å². The molecule has 0 bridgehead atoms. The molecule has 0 saturated carbocycles. The quantitative estimate of drug-likeness (QED) is 0.300. The Hall–Kier alpha value is -2.57. The first-order chi connectivity index (χ1) is 15.4. The van der Waals surface area contributed by atoms with Crippen molar-refractivity contribution in [3.8, 4) is 17.0 Å². The fraction of sp³-hybridized carbons (Fsp3) is 0.571. The smallest absolute Gasteiger partial charge is 0.303 e. The summed E-state index contributed by atoms with van der Waals surface area (Å²) in [7, 11) is 0. The van der Waals surface area contributed by atoms with E-state index < -0.39 is 43.2 Å². The lowest BCUT2D eigenvalue weighted by molar-refractivity contribution is -0.254. The number of aliphatic hydroxyl groups excluding tert-OH is 4. The number of carbonyl (C=O) groups is 1. The van der Waals surface area contributed by atoms with Gasteiger partial charge in [0.1, 0.15) is 35.9 Å². The Morgan fingerprint density at radius 3 is 2.62 bits per heavy atom. The molecule has 11 nitrogen and oxygen atoms in total. The van der Waals surface area contributed by atoms with Crippen LogP contribution in [0, 0.1) is 0 Å². The minimum absolute atomic E-state index is 0.187. The molecule has 2 aromatic rings. The van der Waals surface area contributed by atoms with Gasteiger partial charge in [0.05, 0.1) is 19.4 Å². The van der Waals surface area contributed by atoms with Crippen molar-refractivity contribution in [2.75, 3.05) is 13.2 Å². The van der Waals surface area contributed by atoms with Crippen LogP contribution >= 0.6 is 0 Å². The predicted molar refractivity (Wildman–Crippen MR) is 111 cm³/mol. The molecule has 0 amide bonds. The van der Waals surface area contributed by atoms with E-state index in [-0.39, 0.29) is 6.42 Å². The lowest BCUT2D eigenvalue weighted by Crippen LogP contribution is -2.56. The third-order valence-corrected chi connectivity index (χ3v) is 5.32. The van der Waals surface area contributed by atoms with Crippen molar-refractivity contribution in [3.63, 3.8) is 0 Å². The molecule has 1 aliphatic rings. The van der Waals surface area contributed by atoms with Crippen molar-refractivity contribution in [1.29, 1.82) is 0 Å². The second kappa shape index (κ2) is 11.3. The number of unbranched alkanes of at least 4 members (excludes halogenated alkanes) is 3. The zero-order chi connectivity index (χ0) is 23.1. The van der Waals surface area contributed by atoms with Gasteiger partial charge >= 0.3 is 5.97 Å². The molecule has 176 valence electrons. The molecule has 5 atom stereocenters. The van der Waals surface area contributed by atoms with Crippen molar-refractivity contribution in [1.82, 2.24) is 15.0 Å². The molecule has 1 aliphatic heterocycles. The van der Waals surface area contributed by atoms with Crippen LogP contribution in [-0.2, 0) is 9.53 Å². The summed E-state index contributed by atoms with van der Waals surface area (Å²) in [4.78, 5) is 10.5. The summed E-state index contributed by atoms with van der Waals surface area (Å²) in [6, 6.07) is 7.24. The molecule has 1 saturated heterocycles. The van der Waals surface area contributed by atoms with Gasteiger partial charge in [-0.25, -0.2) is 4.68 Å². The number of carboxylic acids is 1. The van der Waals surface area contributed by atoms with Gasteiger partial charge in [-0.05, 0) is 25.0 Å². The monoisotopic (exact) mass is 451 g/mol. The number of nitrogens with zero attached hydrogens (tertiary/aromatic N) is 3. The normalized spacial score (nSPS) is 25.6. The van der Waals surface area contributed by atoms with Crippen molar-refractivity contribution < 1.29 is 39.8 Å². The largest absolute Gasteiger partial charge is 0.494 e. The number of hydrogen-bond acceptors (Lipinski definition) is 9. The molecule has 32 heavy (non-hydrogen) atoms. The van der Waals surface area contributed by atoms with Gasteiger partial charge in [0.15, 0.2) is 6.23 Å². The summed E-state index contributed by atoms with van der Waals surface area (Å²) in [6.45, 7) is -0.0178. The summed E-state index contributed by atoms with van der Waals surface area (Å²) < 4.78 is 12.5. The van der Waals surface area contributed by atoms with Crippen LogP contribution in [0.4, 0.5) is 0 Å². The van der Waals surface area contributed by atoms with Crippen LogP contribution in [0.2, 0.25) is 0 Å². The highest BCUT2D eigenvalue weighted by atomic mass is 16.6. The molecule has 3 rings (SSSR count). The van der Waals surface area contributed by atoms with E-state index in [1.807, 2.05) is 18.2 Å². The molecule has 5 N–H and O–H groups in total. The van der Waals surface area contributed by atoms with E-state index in [1.54, 1.807) is 6.07 Å². The Bertz CT molecular complexity index is 874. The SMILES string of the molecule is O=C(O)CCCCCCOc1cccc(-c2cn([C@H]3O[C@H](CO)[C@@H](O)[C@H](O)[C@@H]3O)nn2)c1. The second-order valence-corrected chi connectivity index (χ2v) is 7.74. The maximum absolute atomic E-state index is 10.5. The Labute approximate surface area is 184 Å². The Kier molecular flexibility index (Phi) is 8.53. The molecule has 1 aromatic carbocycles. The van der Waals surface area contributed by atoms with Gasteiger partial charge in [-0.15, -0.1) is 5.10 Å². The highest BCUT2D eigenvalue weighted by molar-refractivity contribution is 5.66. The number of aliphatic carboxylic acids is 1. The first-order valence-corrected chi connectivity index (χ1v) is 10.6. The van der Waals surface area contributed by atoms with Gasteiger partial charge in [0, 0.05) is 12.0 Å². The summed E-state index contributed by atoms with van der Waals surface area (Å²) in [5, 5.41) is 56.1. The number of ether oxygens (including phenoxy) is 2. The fourth-order valence-electron chi connectivity index (χ4n) is 3.50. The molecule has 0 aliphatic carbocycles. The van der Waals surface area contributed by atoms with Crippen LogP contribution in [0.1, 0.15) is 38.3 Å². The molecule has 2 heterocycles. The average Bonchev–Trinajstić information content (AvgIpc) is 3.27. The number of aliphatic hydroxyl groups is 4. The van der Waals surface area contributed by atoms with E-state index in [1.165, 1.54) is 10.9 Å². The highest BCUT2D eigenvalue weighted by Crippen LogP contribution is 2.29.